The van der Waals surface area contributed by atoms with Crippen molar-refractivity contribution in [3.63, 3.8) is 0 Å². The van der Waals surface area contributed by atoms with Gasteiger partial charge in [-0.05, 0) is 12.1 Å². The molecule has 1 aromatic carbocycles. The lowest BCUT2D eigenvalue weighted by Crippen LogP contribution is -1.92. The maximum absolute atomic E-state index is 12.9. The summed E-state index contributed by atoms with van der Waals surface area (Å²) in [5.41, 5.74) is 0.0409. The Bertz CT molecular complexity index is 339. The topological polar surface area (TPSA) is 0 Å². The molecule has 0 saturated carbocycles. The Hall–Kier alpha value is -1.07. The molecule has 0 bridgehead atoms. The lowest BCUT2D eigenvalue weighted by Gasteiger charge is -2.01. The average molecular weight is 187 g/mol. The van der Waals surface area contributed by atoms with Crippen molar-refractivity contribution >= 4 is 11.6 Å². The van der Waals surface area contributed by atoms with Crippen molar-refractivity contribution in [2.24, 2.45) is 0 Å². The highest BCUT2D eigenvalue weighted by molar-refractivity contribution is 6.31. The summed E-state index contributed by atoms with van der Waals surface area (Å²) in [6.45, 7) is 0. The second kappa shape index (κ2) is 3.55. The van der Waals surface area contributed by atoms with Gasteiger partial charge in [-0.15, -0.1) is 12.3 Å². The van der Waals surface area contributed by atoms with E-state index in [9.17, 15) is 8.78 Å². The lowest BCUT2D eigenvalue weighted by atomic mass is 10.1. The maximum Gasteiger partial charge on any atom is 0.142 e. The van der Waals surface area contributed by atoms with E-state index in [2.05, 4.69) is 5.92 Å². The molecule has 0 aromatic heterocycles. The Morgan fingerprint density at radius 3 is 2.50 bits per heavy atom. The van der Waals surface area contributed by atoms with Gasteiger partial charge >= 0.3 is 0 Å². The van der Waals surface area contributed by atoms with E-state index in [1.165, 1.54) is 0 Å². The van der Waals surface area contributed by atoms with Crippen LogP contribution in [0.15, 0.2) is 12.1 Å². The molecule has 1 rings (SSSR count). The second-order valence-electron chi connectivity index (χ2n) is 2.20. The molecule has 0 fully saturated rings. The van der Waals surface area contributed by atoms with Gasteiger partial charge in [-0.2, -0.15) is 0 Å². The Balaban J connectivity index is 3.25. The summed E-state index contributed by atoms with van der Waals surface area (Å²) < 4.78 is 25.6. The summed E-state index contributed by atoms with van der Waals surface area (Å²) in [4.78, 5) is 0. The molecular formula is C9H5ClF2. The van der Waals surface area contributed by atoms with Crippen molar-refractivity contribution in [1.29, 1.82) is 0 Å². The van der Waals surface area contributed by atoms with E-state index < -0.39 is 11.6 Å². The first kappa shape index (κ1) is 9.02. The number of rotatable bonds is 1. The van der Waals surface area contributed by atoms with Crippen LogP contribution in [0.3, 0.4) is 0 Å². The Kier molecular flexibility index (Phi) is 2.67. The van der Waals surface area contributed by atoms with Crippen LogP contribution in [0.2, 0.25) is 5.02 Å². The normalized spacial score (nSPS) is 9.50. The van der Waals surface area contributed by atoms with Crippen LogP contribution in [0.25, 0.3) is 0 Å². The molecule has 0 saturated heterocycles. The molecule has 0 nitrogen and oxygen atoms in total. The minimum atomic E-state index is -0.650. The van der Waals surface area contributed by atoms with Gasteiger partial charge in [0.1, 0.15) is 11.6 Å². The molecule has 1 aromatic rings. The number of terminal acetylenes is 1. The number of hydrogen-bond acceptors (Lipinski definition) is 0. The highest BCUT2D eigenvalue weighted by atomic mass is 35.5. The molecule has 0 spiro atoms. The molecule has 0 amide bonds. The summed E-state index contributed by atoms with van der Waals surface area (Å²) in [6.07, 6.45) is 4.95. The monoisotopic (exact) mass is 186 g/mol. The first-order valence-electron chi connectivity index (χ1n) is 3.22. The molecule has 0 radical (unpaired) electrons. The van der Waals surface area contributed by atoms with Gasteiger partial charge < -0.3 is 0 Å². The van der Waals surface area contributed by atoms with Gasteiger partial charge in [0.15, 0.2) is 0 Å². The Morgan fingerprint density at radius 1 is 1.33 bits per heavy atom. The van der Waals surface area contributed by atoms with E-state index >= 15 is 0 Å². The molecule has 3 heteroatoms. The quantitative estimate of drug-likeness (QED) is 0.467. The largest absolute Gasteiger partial charge is 0.207 e. The molecular weight excluding hydrogens is 182 g/mol. The molecule has 0 aliphatic heterocycles. The number of hydrogen-bond donors (Lipinski definition) is 0. The SMILES string of the molecule is C#CCc1c(F)ccc(F)c1Cl. The van der Waals surface area contributed by atoms with Gasteiger partial charge in [-0.25, -0.2) is 8.78 Å². The maximum atomic E-state index is 12.9. The van der Waals surface area contributed by atoms with Crippen molar-refractivity contribution in [2.45, 2.75) is 6.42 Å². The molecule has 0 atom stereocenters. The Morgan fingerprint density at radius 2 is 1.92 bits per heavy atom. The minimum Gasteiger partial charge on any atom is -0.207 e. The fourth-order valence-electron chi connectivity index (χ4n) is 0.833. The lowest BCUT2D eigenvalue weighted by molar-refractivity contribution is 0.590. The third kappa shape index (κ3) is 1.57. The van der Waals surface area contributed by atoms with E-state index in [1.807, 2.05) is 0 Å². The van der Waals surface area contributed by atoms with Crippen LogP contribution in [0.4, 0.5) is 8.78 Å². The molecule has 0 aliphatic carbocycles. The zero-order valence-electron chi connectivity index (χ0n) is 6.07. The van der Waals surface area contributed by atoms with Gasteiger partial charge in [-0.3, -0.25) is 0 Å². The van der Waals surface area contributed by atoms with E-state index in [0.717, 1.165) is 12.1 Å². The van der Waals surface area contributed by atoms with Crippen molar-refractivity contribution in [3.8, 4) is 12.3 Å². The van der Waals surface area contributed by atoms with Crippen molar-refractivity contribution in [3.05, 3.63) is 34.4 Å². The predicted molar refractivity (Wildman–Crippen MR) is 43.9 cm³/mol. The highest BCUT2D eigenvalue weighted by Crippen LogP contribution is 2.22. The molecule has 0 aliphatic rings. The van der Waals surface area contributed by atoms with Gasteiger partial charge in [0.25, 0.3) is 0 Å². The third-order valence-electron chi connectivity index (χ3n) is 1.42. The van der Waals surface area contributed by atoms with E-state index in [1.54, 1.807) is 0 Å². The molecule has 12 heavy (non-hydrogen) atoms. The minimum absolute atomic E-state index is 0.00241. The van der Waals surface area contributed by atoms with Crippen LogP contribution in [-0.2, 0) is 6.42 Å². The predicted octanol–water partition coefficient (Wildman–Crippen LogP) is 2.79. The van der Waals surface area contributed by atoms with E-state index in [4.69, 9.17) is 18.0 Å². The second-order valence-corrected chi connectivity index (χ2v) is 2.58. The van der Waals surface area contributed by atoms with Gasteiger partial charge in [-0.1, -0.05) is 11.6 Å². The van der Waals surface area contributed by atoms with E-state index in [0.29, 0.717) is 0 Å². The Labute approximate surface area is 74.2 Å². The summed E-state index contributed by atoms with van der Waals surface area (Å²) in [7, 11) is 0. The van der Waals surface area contributed by atoms with E-state index in [-0.39, 0.29) is 17.0 Å². The first-order valence-corrected chi connectivity index (χ1v) is 3.60. The average Bonchev–Trinajstić information content (AvgIpc) is 2.06. The van der Waals surface area contributed by atoms with Crippen molar-refractivity contribution in [2.75, 3.05) is 0 Å². The highest BCUT2D eigenvalue weighted by Gasteiger charge is 2.09. The molecule has 62 valence electrons. The van der Waals surface area contributed by atoms with Gasteiger partial charge in [0.2, 0.25) is 0 Å². The van der Waals surface area contributed by atoms with Crippen molar-refractivity contribution < 1.29 is 8.78 Å². The summed E-state index contributed by atoms with van der Waals surface area (Å²) in [5.74, 6) is 0.982. The van der Waals surface area contributed by atoms with Crippen LogP contribution in [-0.4, -0.2) is 0 Å². The zero-order valence-corrected chi connectivity index (χ0v) is 6.83. The van der Waals surface area contributed by atoms with Crippen LogP contribution in [0, 0.1) is 24.0 Å². The van der Waals surface area contributed by atoms with Crippen LogP contribution in [0.5, 0.6) is 0 Å². The third-order valence-corrected chi connectivity index (χ3v) is 1.83. The smallest absolute Gasteiger partial charge is 0.142 e. The molecule has 0 heterocycles. The van der Waals surface area contributed by atoms with Crippen molar-refractivity contribution in [1.82, 2.24) is 0 Å². The summed E-state index contributed by atoms with van der Waals surface area (Å²) in [6, 6.07) is 1.98. The van der Waals surface area contributed by atoms with Crippen LogP contribution in [0.1, 0.15) is 5.56 Å². The van der Waals surface area contributed by atoms with Gasteiger partial charge in [0.05, 0.1) is 5.02 Å². The first-order chi connectivity index (χ1) is 5.66. The molecule has 0 N–H and O–H groups in total. The summed E-state index contributed by atoms with van der Waals surface area (Å²) in [5, 5.41) is -0.229. The fourth-order valence-corrected chi connectivity index (χ4v) is 1.05. The standard InChI is InChI=1S/C9H5ClF2/c1-2-3-6-7(11)4-5-8(12)9(6)10/h1,4-5H,3H2. The van der Waals surface area contributed by atoms with Crippen LogP contribution < -0.4 is 0 Å². The van der Waals surface area contributed by atoms with Crippen LogP contribution >= 0.6 is 11.6 Å². The van der Waals surface area contributed by atoms with Gasteiger partial charge in [0, 0.05) is 12.0 Å². The molecule has 0 unspecified atom stereocenters. The summed E-state index contributed by atoms with van der Waals surface area (Å²) >= 11 is 5.47. The number of benzene rings is 1. The fraction of sp³-hybridized carbons (Fsp3) is 0.111. The zero-order chi connectivity index (χ0) is 9.14. The number of halogens is 3.